The fraction of sp³-hybridized carbons (Fsp3) is 0.455. The molecule has 0 radical (unpaired) electrons. The van der Waals surface area contributed by atoms with E-state index in [1.54, 1.807) is 12.1 Å². The second-order valence-corrected chi connectivity index (χ2v) is 3.92. The first-order valence-corrected chi connectivity index (χ1v) is 5.43. The van der Waals surface area contributed by atoms with Crippen LogP contribution in [-0.4, -0.2) is 16.9 Å². The smallest absolute Gasteiger partial charge is 0.251 e. The summed E-state index contributed by atoms with van der Waals surface area (Å²) in [5.74, 6) is -0.0970. The van der Waals surface area contributed by atoms with Gasteiger partial charge in [0.25, 0.3) is 5.91 Å². The van der Waals surface area contributed by atoms with Gasteiger partial charge in [-0.25, -0.2) is 4.98 Å². The minimum Gasteiger partial charge on any atom is -0.350 e. The zero-order valence-corrected chi connectivity index (χ0v) is 9.71. The second kappa shape index (κ2) is 5.71. The van der Waals surface area contributed by atoms with Gasteiger partial charge in [0.05, 0.1) is 0 Å². The molecular formula is C11H15ClN2O. The Morgan fingerprint density at radius 3 is 3.00 bits per heavy atom. The van der Waals surface area contributed by atoms with Gasteiger partial charge < -0.3 is 5.32 Å². The van der Waals surface area contributed by atoms with Gasteiger partial charge in [-0.1, -0.05) is 24.9 Å². The molecule has 0 aromatic carbocycles. The van der Waals surface area contributed by atoms with Crippen molar-refractivity contribution in [1.82, 2.24) is 10.3 Å². The van der Waals surface area contributed by atoms with Gasteiger partial charge >= 0.3 is 0 Å². The summed E-state index contributed by atoms with van der Waals surface area (Å²) in [6.07, 6.45) is 3.56. The van der Waals surface area contributed by atoms with E-state index in [9.17, 15) is 4.79 Å². The number of aromatic nitrogens is 1. The quantitative estimate of drug-likeness (QED) is 0.802. The molecular weight excluding hydrogens is 212 g/mol. The Labute approximate surface area is 94.9 Å². The van der Waals surface area contributed by atoms with Crippen molar-refractivity contribution in [3.63, 3.8) is 0 Å². The Balaban J connectivity index is 2.61. The van der Waals surface area contributed by atoms with Crippen molar-refractivity contribution in [2.75, 3.05) is 0 Å². The highest BCUT2D eigenvalue weighted by Crippen LogP contribution is 2.07. The van der Waals surface area contributed by atoms with Crippen molar-refractivity contribution < 1.29 is 4.79 Å². The third-order valence-electron chi connectivity index (χ3n) is 2.09. The highest BCUT2D eigenvalue weighted by molar-refractivity contribution is 6.29. The third kappa shape index (κ3) is 3.88. The van der Waals surface area contributed by atoms with Crippen LogP contribution >= 0.6 is 11.6 Å². The molecule has 1 amide bonds. The average molecular weight is 227 g/mol. The van der Waals surface area contributed by atoms with E-state index in [1.165, 1.54) is 6.20 Å². The molecule has 0 aliphatic carbocycles. The summed E-state index contributed by atoms with van der Waals surface area (Å²) in [5.41, 5.74) is 0.554. The molecule has 0 aliphatic heterocycles. The lowest BCUT2D eigenvalue weighted by Gasteiger charge is -2.12. The molecule has 1 aromatic heterocycles. The molecule has 0 fully saturated rings. The van der Waals surface area contributed by atoms with Crippen LogP contribution in [0.15, 0.2) is 18.3 Å². The molecule has 1 atom stereocenters. The molecule has 3 nitrogen and oxygen atoms in total. The van der Waals surface area contributed by atoms with E-state index in [1.807, 2.05) is 6.92 Å². The van der Waals surface area contributed by atoms with Gasteiger partial charge in [-0.2, -0.15) is 0 Å². The normalized spacial score (nSPS) is 12.2. The fourth-order valence-corrected chi connectivity index (χ4v) is 1.53. The van der Waals surface area contributed by atoms with E-state index >= 15 is 0 Å². The number of carbonyl (C=O) groups is 1. The molecule has 0 spiro atoms. The first-order chi connectivity index (χ1) is 7.13. The summed E-state index contributed by atoms with van der Waals surface area (Å²) >= 11 is 5.70. The van der Waals surface area contributed by atoms with Crippen LogP contribution in [0.5, 0.6) is 0 Å². The Bertz CT molecular complexity index is 341. The molecule has 0 saturated heterocycles. The Kier molecular flexibility index (Phi) is 4.56. The minimum atomic E-state index is -0.0970. The van der Waals surface area contributed by atoms with Crippen molar-refractivity contribution >= 4 is 17.5 Å². The average Bonchev–Trinajstić information content (AvgIpc) is 2.18. The van der Waals surface area contributed by atoms with Crippen molar-refractivity contribution in [1.29, 1.82) is 0 Å². The van der Waals surface area contributed by atoms with E-state index in [2.05, 4.69) is 17.2 Å². The number of amides is 1. The topological polar surface area (TPSA) is 42.0 Å². The maximum atomic E-state index is 11.7. The lowest BCUT2D eigenvalue weighted by Crippen LogP contribution is -2.32. The van der Waals surface area contributed by atoms with Crippen molar-refractivity contribution in [3.8, 4) is 0 Å². The zero-order chi connectivity index (χ0) is 11.3. The first-order valence-electron chi connectivity index (χ1n) is 5.06. The first kappa shape index (κ1) is 12.0. The van der Waals surface area contributed by atoms with E-state index in [4.69, 9.17) is 11.6 Å². The van der Waals surface area contributed by atoms with E-state index in [0.29, 0.717) is 10.7 Å². The van der Waals surface area contributed by atoms with Gasteiger partial charge in [0, 0.05) is 17.8 Å². The Morgan fingerprint density at radius 2 is 2.40 bits per heavy atom. The molecule has 0 aliphatic rings. The molecule has 82 valence electrons. The van der Waals surface area contributed by atoms with Crippen LogP contribution in [-0.2, 0) is 0 Å². The molecule has 1 heterocycles. The third-order valence-corrected chi connectivity index (χ3v) is 2.29. The van der Waals surface area contributed by atoms with Gasteiger partial charge in [0.2, 0.25) is 0 Å². The number of pyridine rings is 1. The van der Waals surface area contributed by atoms with Crippen LogP contribution in [0.4, 0.5) is 0 Å². The molecule has 1 aromatic rings. The Morgan fingerprint density at radius 1 is 1.67 bits per heavy atom. The summed E-state index contributed by atoms with van der Waals surface area (Å²) in [5, 5.41) is 3.24. The Hall–Kier alpha value is -1.09. The van der Waals surface area contributed by atoms with Gasteiger partial charge in [-0.3, -0.25) is 4.79 Å². The summed E-state index contributed by atoms with van der Waals surface area (Å²) in [4.78, 5) is 15.5. The van der Waals surface area contributed by atoms with Crippen LogP contribution in [0, 0.1) is 0 Å². The van der Waals surface area contributed by atoms with Crippen molar-refractivity contribution in [2.24, 2.45) is 0 Å². The predicted molar refractivity (Wildman–Crippen MR) is 61.1 cm³/mol. The molecule has 0 bridgehead atoms. The summed E-state index contributed by atoms with van der Waals surface area (Å²) in [7, 11) is 0. The predicted octanol–water partition coefficient (Wildman–Crippen LogP) is 2.65. The number of hydrogen-bond acceptors (Lipinski definition) is 2. The van der Waals surface area contributed by atoms with Crippen molar-refractivity contribution in [3.05, 3.63) is 29.0 Å². The lowest BCUT2D eigenvalue weighted by molar-refractivity contribution is 0.0938. The summed E-state index contributed by atoms with van der Waals surface area (Å²) in [6, 6.07) is 3.41. The second-order valence-electron chi connectivity index (χ2n) is 3.53. The van der Waals surface area contributed by atoms with Crippen LogP contribution in [0.2, 0.25) is 5.15 Å². The number of halogens is 1. The maximum absolute atomic E-state index is 11.7. The number of nitrogens with zero attached hydrogens (tertiary/aromatic N) is 1. The van der Waals surface area contributed by atoms with Crippen LogP contribution in [0.25, 0.3) is 0 Å². The monoisotopic (exact) mass is 226 g/mol. The molecule has 1 unspecified atom stereocenters. The lowest BCUT2D eigenvalue weighted by atomic mass is 10.2. The highest BCUT2D eigenvalue weighted by Gasteiger charge is 2.09. The zero-order valence-electron chi connectivity index (χ0n) is 8.96. The van der Waals surface area contributed by atoms with Crippen LogP contribution in [0.1, 0.15) is 37.0 Å². The molecule has 0 saturated carbocycles. The fourth-order valence-electron chi connectivity index (χ4n) is 1.36. The van der Waals surface area contributed by atoms with Crippen LogP contribution < -0.4 is 5.32 Å². The standard InChI is InChI=1S/C11H15ClN2O/c1-3-4-8(2)14-11(15)9-5-6-13-10(12)7-9/h5-8H,3-4H2,1-2H3,(H,14,15). The van der Waals surface area contributed by atoms with E-state index < -0.39 is 0 Å². The molecule has 15 heavy (non-hydrogen) atoms. The number of hydrogen-bond donors (Lipinski definition) is 1. The molecule has 1 rings (SSSR count). The van der Waals surface area contributed by atoms with Gasteiger partial charge in [0.15, 0.2) is 0 Å². The minimum absolute atomic E-state index is 0.0970. The van der Waals surface area contributed by atoms with Gasteiger partial charge in [0.1, 0.15) is 5.15 Å². The number of carbonyl (C=O) groups excluding carboxylic acids is 1. The number of nitrogens with one attached hydrogen (secondary N) is 1. The van der Waals surface area contributed by atoms with E-state index in [0.717, 1.165) is 12.8 Å². The number of rotatable bonds is 4. The largest absolute Gasteiger partial charge is 0.350 e. The maximum Gasteiger partial charge on any atom is 0.251 e. The molecule has 4 heteroatoms. The summed E-state index contributed by atoms with van der Waals surface area (Å²) < 4.78 is 0. The van der Waals surface area contributed by atoms with Crippen LogP contribution in [0.3, 0.4) is 0 Å². The highest BCUT2D eigenvalue weighted by atomic mass is 35.5. The van der Waals surface area contributed by atoms with Gasteiger partial charge in [-0.05, 0) is 25.5 Å². The molecule has 1 N–H and O–H groups in total. The summed E-state index contributed by atoms with van der Waals surface area (Å²) in [6.45, 7) is 4.08. The van der Waals surface area contributed by atoms with Crippen molar-refractivity contribution in [2.45, 2.75) is 32.7 Å². The van der Waals surface area contributed by atoms with Gasteiger partial charge in [-0.15, -0.1) is 0 Å². The SMILES string of the molecule is CCCC(C)NC(=O)c1ccnc(Cl)c1. The van der Waals surface area contributed by atoms with E-state index in [-0.39, 0.29) is 11.9 Å².